The number of hydrogen-bond acceptors (Lipinski definition) is 8. The van der Waals surface area contributed by atoms with Gasteiger partial charge in [0.1, 0.15) is 30.4 Å². The Morgan fingerprint density at radius 3 is 1.97 bits per heavy atom. The van der Waals surface area contributed by atoms with E-state index in [0.717, 1.165) is 17.3 Å². The predicted molar refractivity (Wildman–Crippen MR) is 118 cm³/mol. The SMILES string of the molecule is C[N+]1(C)[C@H]2CC(OC(=O)C(O)(c3cccs3)c3cccs3)C[C@H]1[C@H]1O[C@H]12.OCCCO.[Br-]. The zero-order valence-corrected chi connectivity index (χ0v) is 21.3. The van der Waals surface area contributed by atoms with E-state index in [1.54, 1.807) is 12.1 Å². The number of rotatable bonds is 6. The van der Waals surface area contributed by atoms with Gasteiger partial charge in [-0.05, 0) is 29.3 Å². The van der Waals surface area contributed by atoms with Gasteiger partial charge in [0.2, 0.25) is 5.60 Å². The van der Waals surface area contributed by atoms with Gasteiger partial charge in [-0.2, -0.15) is 0 Å². The van der Waals surface area contributed by atoms with Gasteiger partial charge in [0, 0.05) is 26.1 Å². The monoisotopic (exact) mass is 547 g/mol. The van der Waals surface area contributed by atoms with Crippen LogP contribution in [0.4, 0.5) is 0 Å². The number of aliphatic hydroxyl groups is 3. The van der Waals surface area contributed by atoms with Gasteiger partial charge < -0.3 is 46.3 Å². The van der Waals surface area contributed by atoms with Crippen molar-refractivity contribution in [2.45, 2.75) is 55.3 Å². The van der Waals surface area contributed by atoms with Crippen LogP contribution in [-0.4, -0.2) is 83.5 Å². The normalized spacial score (nSPS) is 29.2. The summed E-state index contributed by atoms with van der Waals surface area (Å²) in [7, 11) is 4.49. The lowest BCUT2D eigenvalue weighted by Gasteiger charge is -2.45. The molecule has 5 rings (SSSR count). The molecule has 0 aromatic carbocycles. The molecule has 32 heavy (non-hydrogen) atoms. The molecule has 0 amide bonds. The highest BCUT2D eigenvalue weighted by atomic mass is 79.9. The lowest BCUT2D eigenvalue weighted by molar-refractivity contribution is -0.938. The van der Waals surface area contributed by atoms with E-state index < -0.39 is 11.6 Å². The zero-order chi connectivity index (χ0) is 22.2. The summed E-state index contributed by atoms with van der Waals surface area (Å²) in [6, 6.07) is 8.01. The highest BCUT2D eigenvalue weighted by Crippen LogP contribution is 2.52. The number of carbonyl (C=O) groups excluding carboxylic acids is 1. The van der Waals surface area contributed by atoms with E-state index in [2.05, 4.69) is 14.1 Å². The molecule has 1 unspecified atom stereocenters. The summed E-state index contributed by atoms with van der Waals surface area (Å²) in [6.07, 6.45) is 2.55. The summed E-state index contributed by atoms with van der Waals surface area (Å²) in [4.78, 5) is 14.3. The molecule has 3 fully saturated rings. The number of nitrogens with zero attached hydrogens (tertiary/aromatic N) is 1. The Labute approximate surface area is 206 Å². The minimum absolute atomic E-state index is 0. The Balaban J connectivity index is 0.000000438. The molecule has 5 atom stereocenters. The Hall–Kier alpha value is -0.850. The molecule has 0 spiro atoms. The van der Waals surface area contributed by atoms with Gasteiger partial charge in [-0.1, -0.05) is 12.1 Å². The van der Waals surface area contributed by atoms with Gasteiger partial charge in [-0.3, -0.25) is 0 Å². The third-order valence-corrected chi connectivity index (χ3v) is 8.64. The van der Waals surface area contributed by atoms with Gasteiger partial charge >= 0.3 is 5.97 Å². The Morgan fingerprint density at radius 1 is 1.09 bits per heavy atom. The number of morpholine rings is 1. The molecule has 3 N–H and O–H groups in total. The fourth-order valence-electron chi connectivity index (χ4n) is 4.90. The van der Waals surface area contributed by atoms with Gasteiger partial charge in [0.15, 0.2) is 0 Å². The van der Waals surface area contributed by atoms with Gasteiger partial charge in [0.05, 0.1) is 23.8 Å². The van der Waals surface area contributed by atoms with Crippen molar-refractivity contribution in [2.24, 2.45) is 0 Å². The molecule has 3 aliphatic heterocycles. The largest absolute Gasteiger partial charge is 1.00 e. The molecule has 0 radical (unpaired) electrons. The fraction of sp³-hybridized carbons (Fsp3) is 0.591. The van der Waals surface area contributed by atoms with E-state index in [-0.39, 0.29) is 36.3 Å². The van der Waals surface area contributed by atoms with Crippen LogP contribution in [0, 0.1) is 0 Å². The Morgan fingerprint density at radius 2 is 1.59 bits per heavy atom. The van der Waals surface area contributed by atoms with Crippen molar-refractivity contribution in [3.8, 4) is 0 Å². The second kappa shape index (κ2) is 10.2. The average Bonchev–Trinajstić information content (AvgIpc) is 3.10. The summed E-state index contributed by atoms with van der Waals surface area (Å²) in [6.45, 7) is 0.188. The quantitative estimate of drug-likeness (QED) is 0.236. The minimum Gasteiger partial charge on any atom is -1.00 e. The maximum atomic E-state index is 13.1. The van der Waals surface area contributed by atoms with Crippen LogP contribution in [-0.2, 0) is 19.9 Å². The molecule has 0 aliphatic carbocycles. The third-order valence-electron chi connectivity index (χ3n) is 6.68. The van der Waals surface area contributed by atoms with Gasteiger partial charge in [-0.15, -0.1) is 22.7 Å². The highest BCUT2D eigenvalue weighted by molar-refractivity contribution is 7.12. The first-order chi connectivity index (χ1) is 14.8. The van der Waals surface area contributed by atoms with E-state index in [9.17, 15) is 9.90 Å². The molecule has 2 aromatic heterocycles. The fourth-order valence-corrected chi connectivity index (χ4v) is 6.61. The van der Waals surface area contributed by atoms with Crippen LogP contribution in [0.1, 0.15) is 29.0 Å². The molecule has 10 heteroatoms. The van der Waals surface area contributed by atoms with E-state index in [4.69, 9.17) is 19.7 Å². The summed E-state index contributed by atoms with van der Waals surface area (Å²) in [5.74, 6) is -0.561. The first-order valence-corrected chi connectivity index (χ1v) is 12.3. The molecule has 3 aliphatic rings. The van der Waals surface area contributed by atoms with Crippen LogP contribution >= 0.6 is 22.7 Å². The lowest BCUT2D eigenvalue weighted by atomic mass is 9.95. The summed E-state index contributed by atoms with van der Waals surface area (Å²) >= 11 is 2.74. The van der Waals surface area contributed by atoms with Crippen LogP contribution in [0.25, 0.3) is 0 Å². The van der Waals surface area contributed by atoms with Crippen molar-refractivity contribution in [2.75, 3.05) is 27.3 Å². The van der Waals surface area contributed by atoms with Crippen molar-refractivity contribution in [3.63, 3.8) is 0 Å². The summed E-state index contributed by atoms with van der Waals surface area (Å²) in [5.41, 5.74) is -1.72. The lowest BCUT2D eigenvalue weighted by Crippen LogP contribution is -3.00. The number of ether oxygens (including phenoxy) is 2. The van der Waals surface area contributed by atoms with Crippen molar-refractivity contribution in [3.05, 3.63) is 44.8 Å². The molecule has 2 bridgehead atoms. The summed E-state index contributed by atoms with van der Waals surface area (Å²) in [5, 5.41) is 30.9. The maximum Gasteiger partial charge on any atom is 0.349 e. The van der Waals surface area contributed by atoms with Crippen LogP contribution in [0.2, 0.25) is 0 Å². The molecular weight excluding hydrogens is 518 g/mol. The van der Waals surface area contributed by atoms with Gasteiger partial charge in [0.25, 0.3) is 0 Å². The molecule has 5 heterocycles. The average molecular weight is 549 g/mol. The number of aliphatic hydroxyl groups excluding tert-OH is 2. The number of halogens is 1. The highest BCUT2D eigenvalue weighted by Gasteiger charge is 2.71. The molecule has 3 saturated heterocycles. The molecular formula is C22H30BrNO6S2. The first-order valence-electron chi connectivity index (χ1n) is 10.6. The van der Waals surface area contributed by atoms with Crippen LogP contribution in [0.15, 0.2) is 35.0 Å². The smallest absolute Gasteiger partial charge is 0.349 e. The second-order valence-electron chi connectivity index (χ2n) is 8.79. The van der Waals surface area contributed by atoms with Crippen molar-refractivity contribution in [1.29, 1.82) is 0 Å². The zero-order valence-electron chi connectivity index (χ0n) is 18.1. The second-order valence-corrected chi connectivity index (χ2v) is 10.7. The number of quaternary nitrogens is 1. The number of thiophene rings is 2. The number of hydrogen-bond donors (Lipinski definition) is 3. The maximum absolute atomic E-state index is 13.1. The Kier molecular flexibility index (Phi) is 8.20. The van der Waals surface area contributed by atoms with E-state index in [0.29, 0.717) is 40.5 Å². The van der Waals surface area contributed by atoms with Gasteiger partial charge in [-0.25, -0.2) is 4.79 Å². The van der Waals surface area contributed by atoms with E-state index >= 15 is 0 Å². The predicted octanol–water partition coefficient (Wildman–Crippen LogP) is -1.29. The number of piperidine rings is 1. The molecule has 0 saturated carbocycles. The minimum atomic E-state index is -1.72. The van der Waals surface area contributed by atoms with Crippen LogP contribution in [0.5, 0.6) is 0 Å². The van der Waals surface area contributed by atoms with E-state index in [1.165, 1.54) is 22.7 Å². The van der Waals surface area contributed by atoms with Crippen LogP contribution < -0.4 is 17.0 Å². The first kappa shape index (κ1) is 25.8. The number of likely N-dealkylation sites (N-methyl/N-ethyl adjacent to an activating group) is 1. The van der Waals surface area contributed by atoms with Crippen LogP contribution in [0.3, 0.4) is 0 Å². The standard InChI is InChI=1S/C19H22NO4S2.C3H8O2.BrH/c1-20(2)12-9-11(10-13(20)17-16(12)24-17)23-18(21)19(22,14-5-3-7-25-14)15-6-4-8-26-15;4-2-1-3-5;/h3-8,11-13,16-17,22H,9-10H2,1-2H3;4-5H,1-3H2;1H/q+1;;/p-1/t11?,12-,13-,16-,17+;;/m0../s1. The topological polar surface area (TPSA) is 99.5 Å². The molecule has 7 nitrogen and oxygen atoms in total. The Bertz CT molecular complexity index is 819. The van der Waals surface area contributed by atoms with Crippen molar-refractivity contribution in [1.82, 2.24) is 0 Å². The molecule has 178 valence electrons. The molecule has 2 aromatic rings. The number of fused-ring (bicyclic) bond motifs is 5. The van der Waals surface area contributed by atoms with E-state index in [1.807, 2.05) is 22.9 Å². The summed E-state index contributed by atoms with van der Waals surface area (Å²) < 4.78 is 12.6. The van der Waals surface area contributed by atoms with Crippen molar-refractivity contribution >= 4 is 28.6 Å². The third kappa shape index (κ3) is 4.56. The number of carbonyl (C=O) groups is 1. The number of esters is 1. The number of epoxide rings is 1. The van der Waals surface area contributed by atoms with Crippen molar-refractivity contribution < 1.29 is 51.1 Å².